The molecule has 0 aliphatic carbocycles. The summed E-state index contributed by atoms with van der Waals surface area (Å²) >= 11 is 2.60. The number of para-hydroxylation sites is 2. The molecule has 0 atom stereocenters. The van der Waals surface area contributed by atoms with Gasteiger partial charge in [0.25, 0.3) is 5.91 Å². The predicted molar refractivity (Wildman–Crippen MR) is 102 cm³/mol. The summed E-state index contributed by atoms with van der Waals surface area (Å²) in [6, 6.07) is 9.40. The van der Waals surface area contributed by atoms with Gasteiger partial charge in [0.15, 0.2) is 5.16 Å². The number of amides is 2. The van der Waals surface area contributed by atoms with Gasteiger partial charge in [0, 0.05) is 6.54 Å². The third-order valence-electron chi connectivity index (χ3n) is 3.45. The van der Waals surface area contributed by atoms with Crippen molar-refractivity contribution in [1.29, 1.82) is 0 Å². The number of hydrogen-bond acceptors (Lipinski definition) is 5. The highest BCUT2D eigenvalue weighted by molar-refractivity contribution is 7.99. The number of nitrogens with zero attached hydrogens (tertiary/aromatic N) is 2. The molecule has 1 aromatic carbocycles. The van der Waals surface area contributed by atoms with E-state index in [0.717, 1.165) is 16.2 Å². The van der Waals surface area contributed by atoms with E-state index < -0.39 is 5.91 Å². The Bertz CT molecular complexity index is 945. The number of aromatic nitrogens is 2. The summed E-state index contributed by atoms with van der Waals surface area (Å²) in [6.45, 7) is 4.39. The van der Waals surface area contributed by atoms with Crippen LogP contribution >= 0.6 is 23.1 Å². The number of hydrogen-bond donors (Lipinski definition) is 2. The molecule has 3 rings (SSSR count). The minimum atomic E-state index is -0.558. The number of thioether (sulfide) groups is 1. The molecule has 0 spiro atoms. The van der Waals surface area contributed by atoms with Gasteiger partial charge in [-0.05, 0) is 23.6 Å². The van der Waals surface area contributed by atoms with Crippen LogP contribution in [0.4, 0.5) is 5.00 Å². The van der Waals surface area contributed by atoms with Crippen LogP contribution in [0.2, 0.25) is 0 Å². The third-order valence-corrected chi connectivity index (χ3v) is 5.25. The van der Waals surface area contributed by atoms with Crippen molar-refractivity contribution in [3.8, 4) is 0 Å². The Labute approximate surface area is 152 Å². The number of fused-ring (bicyclic) bond motifs is 1. The first-order valence-electron chi connectivity index (χ1n) is 7.46. The maximum absolute atomic E-state index is 12.2. The lowest BCUT2D eigenvalue weighted by Crippen LogP contribution is -2.18. The number of imidazole rings is 1. The van der Waals surface area contributed by atoms with E-state index in [-0.39, 0.29) is 11.7 Å². The molecule has 0 fully saturated rings. The van der Waals surface area contributed by atoms with E-state index in [4.69, 9.17) is 5.73 Å². The number of thiophene rings is 1. The molecule has 2 amide bonds. The quantitative estimate of drug-likeness (QED) is 0.492. The molecule has 0 aliphatic rings. The van der Waals surface area contributed by atoms with Gasteiger partial charge >= 0.3 is 0 Å². The number of carbonyl (C=O) groups excluding carboxylic acids is 2. The SMILES string of the molecule is C=CCn1c(SCC(=O)Nc2sccc2C(N)=O)nc2ccccc21. The Balaban J connectivity index is 1.72. The minimum absolute atomic E-state index is 0.177. The Morgan fingerprint density at radius 3 is 2.92 bits per heavy atom. The second kappa shape index (κ2) is 7.54. The number of nitrogens with two attached hydrogens (primary N) is 1. The van der Waals surface area contributed by atoms with Crippen LogP contribution in [0.25, 0.3) is 11.0 Å². The zero-order valence-electron chi connectivity index (χ0n) is 13.3. The lowest BCUT2D eigenvalue weighted by molar-refractivity contribution is -0.113. The minimum Gasteiger partial charge on any atom is -0.366 e. The van der Waals surface area contributed by atoms with Crippen molar-refractivity contribution in [1.82, 2.24) is 9.55 Å². The molecule has 2 aromatic heterocycles. The average Bonchev–Trinajstić information content (AvgIpc) is 3.18. The fraction of sp³-hybridized carbons (Fsp3) is 0.118. The van der Waals surface area contributed by atoms with E-state index in [0.29, 0.717) is 17.1 Å². The number of nitrogens with one attached hydrogen (secondary N) is 1. The lowest BCUT2D eigenvalue weighted by Gasteiger charge is -2.07. The van der Waals surface area contributed by atoms with Crippen LogP contribution in [0.1, 0.15) is 10.4 Å². The molecule has 0 radical (unpaired) electrons. The fourth-order valence-electron chi connectivity index (χ4n) is 2.36. The van der Waals surface area contributed by atoms with Crippen LogP contribution in [0.5, 0.6) is 0 Å². The van der Waals surface area contributed by atoms with Gasteiger partial charge in [-0.2, -0.15) is 0 Å². The lowest BCUT2D eigenvalue weighted by atomic mass is 10.3. The third kappa shape index (κ3) is 3.75. The van der Waals surface area contributed by atoms with E-state index in [2.05, 4.69) is 16.9 Å². The summed E-state index contributed by atoms with van der Waals surface area (Å²) < 4.78 is 2.01. The van der Waals surface area contributed by atoms with Crippen LogP contribution in [0.3, 0.4) is 0 Å². The highest BCUT2D eigenvalue weighted by atomic mass is 32.2. The number of allylic oxidation sites excluding steroid dienone is 1. The van der Waals surface area contributed by atoms with Crippen molar-refractivity contribution in [3.63, 3.8) is 0 Å². The molecule has 3 N–H and O–H groups in total. The van der Waals surface area contributed by atoms with Gasteiger partial charge in [-0.1, -0.05) is 30.0 Å². The molecule has 0 bridgehead atoms. The monoisotopic (exact) mass is 372 g/mol. The standard InChI is InChI=1S/C17H16N4O2S2/c1-2-8-21-13-6-4-3-5-12(13)19-17(21)25-10-14(22)20-16-11(15(18)23)7-9-24-16/h2-7,9H,1,8,10H2,(H2,18,23)(H,20,22). The van der Waals surface area contributed by atoms with Crippen LogP contribution in [0, 0.1) is 0 Å². The number of benzene rings is 1. The molecule has 0 saturated carbocycles. The highest BCUT2D eigenvalue weighted by Crippen LogP contribution is 2.26. The normalized spacial score (nSPS) is 10.7. The predicted octanol–water partition coefficient (Wildman–Crippen LogP) is 3.11. The van der Waals surface area contributed by atoms with Crippen molar-refractivity contribution in [2.75, 3.05) is 11.1 Å². The average molecular weight is 372 g/mol. The molecule has 8 heteroatoms. The molecular formula is C17H16N4O2S2. The molecule has 0 unspecified atom stereocenters. The van der Waals surface area contributed by atoms with Gasteiger partial charge in [0.1, 0.15) is 5.00 Å². The topological polar surface area (TPSA) is 90.0 Å². The molecule has 25 heavy (non-hydrogen) atoms. The van der Waals surface area contributed by atoms with Crippen molar-refractivity contribution in [2.45, 2.75) is 11.7 Å². The summed E-state index contributed by atoms with van der Waals surface area (Å²) in [7, 11) is 0. The molecule has 0 saturated heterocycles. The van der Waals surface area contributed by atoms with E-state index in [9.17, 15) is 9.59 Å². The zero-order valence-corrected chi connectivity index (χ0v) is 14.9. The summed E-state index contributed by atoms with van der Waals surface area (Å²) in [5.74, 6) is -0.597. The van der Waals surface area contributed by atoms with Crippen LogP contribution < -0.4 is 11.1 Å². The number of rotatable bonds is 7. The first kappa shape index (κ1) is 17.2. The number of primary amides is 1. The Hall–Kier alpha value is -2.58. The molecule has 2 heterocycles. The molecule has 0 aliphatic heterocycles. The van der Waals surface area contributed by atoms with Crippen molar-refractivity contribution < 1.29 is 9.59 Å². The zero-order chi connectivity index (χ0) is 17.8. The van der Waals surface area contributed by atoms with E-state index in [1.165, 1.54) is 23.1 Å². The first-order chi connectivity index (χ1) is 12.1. The van der Waals surface area contributed by atoms with Crippen molar-refractivity contribution >= 4 is 50.9 Å². The summed E-state index contributed by atoms with van der Waals surface area (Å²) in [4.78, 5) is 28.1. The van der Waals surface area contributed by atoms with Crippen molar-refractivity contribution in [2.24, 2.45) is 5.73 Å². The smallest absolute Gasteiger partial charge is 0.251 e. The first-order valence-corrected chi connectivity index (χ1v) is 9.32. The Morgan fingerprint density at radius 2 is 2.16 bits per heavy atom. The van der Waals surface area contributed by atoms with Crippen LogP contribution in [-0.4, -0.2) is 27.1 Å². The van der Waals surface area contributed by atoms with Gasteiger partial charge in [-0.3, -0.25) is 9.59 Å². The summed E-state index contributed by atoms with van der Waals surface area (Å²) in [5.41, 5.74) is 7.48. The van der Waals surface area contributed by atoms with Crippen molar-refractivity contribution in [3.05, 3.63) is 53.9 Å². The summed E-state index contributed by atoms with van der Waals surface area (Å²) in [6.07, 6.45) is 1.79. The van der Waals surface area contributed by atoms with Crippen LogP contribution in [0.15, 0.2) is 53.5 Å². The molecular weight excluding hydrogens is 356 g/mol. The Morgan fingerprint density at radius 1 is 1.36 bits per heavy atom. The fourth-order valence-corrected chi connectivity index (χ4v) is 3.99. The largest absolute Gasteiger partial charge is 0.366 e. The van der Waals surface area contributed by atoms with E-state index in [1.54, 1.807) is 17.5 Å². The van der Waals surface area contributed by atoms with Gasteiger partial charge in [0.05, 0.1) is 22.3 Å². The number of carbonyl (C=O) groups is 2. The summed E-state index contributed by atoms with van der Waals surface area (Å²) in [5, 5.41) is 5.66. The second-order valence-corrected chi connectivity index (χ2v) is 7.01. The molecule has 3 aromatic rings. The molecule has 128 valence electrons. The van der Waals surface area contributed by atoms with Gasteiger partial charge < -0.3 is 15.6 Å². The maximum atomic E-state index is 12.2. The van der Waals surface area contributed by atoms with Gasteiger partial charge in [-0.15, -0.1) is 17.9 Å². The van der Waals surface area contributed by atoms with Gasteiger partial charge in [-0.25, -0.2) is 4.98 Å². The number of anilines is 1. The maximum Gasteiger partial charge on any atom is 0.251 e. The Kier molecular flexibility index (Phi) is 5.20. The van der Waals surface area contributed by atoms with Crippen LogP contribution in [-0.2, 0) is 11.3 Å². The van der Waals surface area contributed by atoms with E-state index >= 15 is 0 Å². The second-order valence-electron chi connectivity index (χ2n) is 5.15. The highest BCUT2D eigenvalue weighted by Gasteiger charge is 2.15. The van der Waals surface area contributed by atoms with E-state index in [1.807, 2.05) is 28.8 Å². The van der Waals surface area contributed by atoms with Gasteiger partial charge in [0.2, 0.25) is 5.91 Å². The molecule has 6 nitrogen and oxygen atoms in total.